The summed E-state index contributed by atoms with van der Waals surface area (Å²) in [6, 6.07) is 12.5. The van der Waals surface area contributed by atoms with Crippen LogP contribution in [0.15, 0.2) is 54.9 Å². The topological polar surface area (TPSA) is 71.5 Å². The lowest BCUT2D eigenvalue weighted by Crippen LogP contribution is -2.50. The third kappa shape index (κ3) is 7.27. The minimum atomic E-state index is -0.685. The van der Waals surface area contributed by atoms with Gasteiger partial charge in [-0.1, -0.05) is 30.3 Å². The molecule has 0 unspecified atom stereocenters. The van der Waals surface area contributed by atoms with E-state index in [1.165, 1.54) is 0 Å². The fourth-order valence-electron chi connectivity index (χ4n) is 2.36. The van der Waals surface area contributed by atoms with Crippen LogP contribution < -0.4 is 5.32 Å². The van der Waals surface area contributed by atoms with Crippen molar-refractivity contribution in [3.8, 4) is 0 Å². The van der Waals surface area contributed by atoms with Crippen molar-refractivity contribution in [2.75, 3.05) is 7.05 Å². The van der Waals surface area contributed by atoms with Gasteiger partial charge >= 0.3 is 6.09 Å². The molecule has 0 aliphatic rings. The number of pyridine rings is 1. The second-order valence-corrected chi connectivity index (χ2v) is 6.36. The van der Waals surface area contributed by atoms with Crippen molar-refractivity contribution in [1.82, 2.24) is 15.2 Å². The van der Waals surface area contributed by atoms with Crippen LogP contribution in [-0.2, 0) is 22.6 Å². The lowest BCUT2D eigenvalue weighted by Gasteiger charge is -2.27. The molecule has 0 spiro atoms. The van der Waals surface area contributed by atoms with Gasteiger partial charge in [0.15, 0.2) is 0 Å². The number of ether oxygens (including phenoxy) is 1. The molecule has 1 atom stereocenters. The highest BCUT2D eigenvalue weighted by Crippen LogP contribution is 2.08. The molecule has 6 nitrogen and oxygen atoms in total. The van der Waals surface area contributed by atoms with E-state index in [1.54, 1.807) is 36.5 Å². The Kier molecular flexibility index (Phi) is 9.30. The lowest BCUT2D eigenvalue weighted by atomic mass is 10.0. The van der Waals surface area contributed by atoms with E-state index in [0.29, 0.717) is 6.42 Å². The number of likely N-dealkylation sites (N-methyl/N-ethyl adjacent to an activating group) is 1. The van der Waals surface area contributed by atoms with E-state index in [0.717, 1.165) is 11.1 Å². The Morgan fingerprint density at radius 3 is 2.30 bits per heavy atom. The molecule has 0 aliphatic carbocycles. The lowest BCUT2D eigenvalue weighted by molar-refractivity contribution is -0.133. The second-order valence-electron chi connectivity index (χ2n) is 6.36. The summed E-state index contributed by atoms with van der Waals surface area (Å²) in [7, 11) is 1.73. The first-order valence-corrected chi connectivity index (χ1v) is 8.60. The Hall–Kier alpha value is -2.60. The summed E-state index contributed by atoms with van der Waals surface area (Å²) >= 11 is 0. The summed E-state index contributed by atoms with van der Waals surface area (Å²) in [5.41, 5.74) is 1.80. The molecule has 1 heterocycles. The van der Waals surface area contributed by atoms with Crippen LogP contribution in [0.2, 0.25) is 0 Å². The molecule has 2 amide bonds. The number of halogens is 1. The number of benzene rings is 1. The van der Waals surface area contributed by atoms with Crippen LogP contribution in [0.4, 0.5) is 4.79 Å². The van der Waals surface area contributed by atoms with E-state index in [9.17, 15) is 9.59 Å². The molecule has 0 aliphatic heterocycles. The molecule has 7 heteroatoms. The van der Waals surface area contributed by atoms with Gasteiger partial charge in [-0.15, -0.1) is 12.4 Å². The number of hydrogen-bond donors (Lipinski definition) is 1. The Morgan fingerprint density at radius 2 is 1.70 bits per heavy atom. The van der Waals surface area contributed by atoms with Gasteiger partial charge in [-0.05, 0) is 37.1 Å². The van der Waals surface area contributed by atoms with Gasteiger partial charge in [0.05, 0.1) is 0 Å². The Labute approximate surface area is 166 Å². The molecule has 0 fully saturated rings. The largest absolute Gasteiger partial charge is 0.445 e. The number of nitrogens with one attached hydrogen (secondary N) is 1. The average molecular weight is 392 g/mol. The predicted molar refractivity (Wildman–Crippen MR) is 107 cm³/mol. The highest BCUT2D eigenvalue weighted by molar-refractivity contribution is 5.86. The maximum absolute atomic E-state index is 12.7. The molecule has 0 radical (unpaired) electrons. The van der Waals surface area contributed by atoms with Gasteiger partial charge in [-0.25, -0.2) is 4.79 Å². The Bertz CT molecular complexity index is 711. The van der Waals surface area contributed by atoms with Crippen LogP contribution in [0.3, 0.4) is 0 Å². The third-order valence-corrected chi connectivity index (χ3v) is 4.11. The molecule has 27 heavy (non-hydrogen) atoms. The summed E-state index contributed by atoms with van der Waals surface area (Å²) < 4.78 is 5.24. The van der Waals surface area contributed by atoms with Crippen LogP contribution in [0, 0.1) is 0 Å². The highest BCUT2D eigenvalue weighted by atomic mass is 35.5. The minimum absolute atomic E-state index is 0. The number of rotatable bonds is 7. The van der Waals surface area contributed by atoms with Crippen molar-refractivity contribution >= 4 is 24.4 Å². The van der Waals surface area contributed by atoms with Gasteiger partial charge < -0.3 is 15.0 Å². The molecule has 2 rings (SSSR count). The van der Waals surface area contributed by atoms with E-state index < -0.39 is 12.1 Å². The SMILES string of the molecule is CC(C)N(C)C(=O)[C@H](Cc1ccccc1)NC(=O)OCc1ccncc1.Cl. The van der Waals surface area contributed by atoms with Gasteiger partial charge in [0.25, 0.3) is 0 Å². The van der Waals surface area contributed by atoms with E-state index in [-0.39, 0.29) is 31.0 Å². The maximum Gasteiger partial charge on any atom is 0.408 e. The molecule has 0 bridgehead atoms. The normalized spacial score (nSPS) is 11.3. The Balaban J connectivity index is 0.00000364. The molecule has 0 saturated heterocycles. The number of alkyl carbamates (subject to hydrolysis) is 1. The van der Waals surface area contributed by atoms with Crippen LogP contribution in [0.25, 0.3) is 0 Å². The molecule has 1 aromatic carbocycles. The summed E-state index contributed by atoms with van der Waals surface area (Å²) in [6.07, 6.45) is 3.06. The third-order valence-electron chi connectivity index (χ3n) is 4.11. The van der Waals surface area contributed by atoms with Crippen molar-refractivity contribution in [3.05, 3.63) is 66.0 Å². The van der Waals surface area contributed by atoms with Crippen molar-refractivity contribution in [2.45, 2.75) is 39.0 Å². The van der Waals surface area contributed by atoms with Gasteiger partial charge in [-0.3, -0.25) is 9.78 Å². The van der Waals surface area contributed by atoms with Crippen LogP contribution in [0.5, 0.6) is 0 Å². The molecule has 1 N–H and O–H groups in total. The number of aromatic nitrogens is 1. The van der Waals surface area contributed by atoms with Gasteiger partial charge in [0.1, 0.15) is 12.6 Å². The first kappa shape index (κ1) is 22.4. The van der Waals surface area contributed by atoms with Gasteiger partial charge in [0.2, 0.25) is 5.91 Å². The summed E-state index contributed by atoms with van der Waals surface area (Å²) in [6.45, 7) is 3.99. The molecule has 1 aromatic heterocycles. The number of nitrogens with zero attached hydrogens (tertiary/aromatic N) is 2. The average Bonchev–Trinajstić information content (AvgIpc) is 2.66. The predicted octanol–water partition coefficient (Wildman–Crippen LogP) is 3.21. The van der Waals surface area contributed by atoms with Crippen LogP contribution in [-0.4, -0.2) is 41.0 Å². The number of hydrogen-bond acceptors (Lipinski definition) is 4. The van der Waals surface area contributed by atoms with Gasteiger partial charge in [0, 0.05) is 31.9 Å². The summed E-state index contributed by atoms with van der Waals surface area (Å²) in [5, 5.41) is 2.70. The van der Waals surface area contributed by atoms with Gasteiger partial charge in [-0.2, -0.15) is 0 Å². The van der Waals surface area contributed by atoms with Crippen molar-refractivity contribution < 1.29 is 14.3 Å². The maximum atomic E-state index is 12.7. The monoisotopic (exact) mass is 391 g/mol. The van der Waals surface area contributed by atoms with Crippen LogP contribution in [0.1, 0.15) is 25.0 Å². The standard InChI is InChI=1S/C20H25N3O3.ClH/c1-15(2)23(3)19(24)18(13-16-7-5-4-6-8-16)22-20(25)26-14-17-9-11-21-12-10-17;/h4-12,15,18H,13-14H2,1-3H3,(H,22,25);1H/t18-;/m0./s1. The highest BCUT2D eigenvalue weighted by Gasteiger charge is 2.26. The first-order valence-electron chi connectivity index (χ1n) is 8.60. The van der Waals surface area contributed by atoms with Crippen LogP contribution >= 0.6 is 12.4 Å². The fourth-order valence-corrected chi connectivity index (χ4v) is 2.36. The Morgan fingerprint density at radius 1 is 1.07 bits per heavy atom. The quantitative estimate of drug-likeness (QED) is 0.786. The molecular formula is C20H26ClN3O3. The minimum Gasteiger partial charge on any atom is -0.445 e. The second kappa shape index (κ2) is 11.2. The van der Waals surface area contributed by atoms with Crippen molar-refractivity contribution in [1.29, 1.82) is 0 Å². The molecule has 2 aromatic rings. The zero-order valence-corrected chi connectivity index (χ0v) is 16.6. The number of amides is 2. The van der Waals surface area contributed by atoms with E-state index in [4.69, 9.17) is 4.74 Å². The molecule has 0 saturated carbocycles. The summed E-state index contributed by atoms with van der Waals surface area (Å²) in [5.74, 6) is -0.148. The van der Waals surface area contributed by atoms with E-state index in [2.05, 4.69) is 10.3 Å². The first-order chi connectivity index (χ1) is 12.5. The fraction of sp³-hybridized carbons (Fsp3) is 0.350. The zero-order valence-electron chi connectivity index (χ0n) is 15.8. The molecular weight excluding hydrogens is 366 g/mol. The van der Waals surface area contributed by atoms with Crippen molar-refractivity contribution in [3.63, 3.8) is 0 Å². The summed E-state index contributed by atoms with van der Waals surface area (Å²) in [4.78, 5) is 30.5. The van der Waals surface area contributed by atoms with E-state index in [1.807, 2.05) is 44.2 Å². The number of carbonyl (C=O) groups is 2. The molecule has 146 valence electrons. The van der Waals surface area contributed by atoms with Crippen molar-refractivity contribution in [2.24, 2.45) is 0 Å². The number of carbonyl (C=O) groups excluding carboxylic acids is 2. The zero-order chi connectivity index (χ0) is 18.9. The van der Waals surface area contributed by atoms with E-state index >= 15 is 0 Å². The smallest absolute Gasteiger partial charge is 0.408 e.